The Morgan fingerprint density at radius 3 is 2.92 bits per heavy atom. The second-order valence-electron chi connectivity index (χ2n) is 5.70. The van der Waals surface area contributed by atoms with Crippen molar-refractivity contribution in [2.75, 3.05) is 5.43 Å². The maximum absolute atomic E-state index is 10.1. The van der Waals surface area contributed by atoms with Crippen molar-refractivity contribution in [2.45, 2.75) is 6.92 Å². The third-order valence-electron chi connectivity index (χ3n) is 3.95. The van der Waals surface area contributed by atoms with Gasteiger partial charge in [0.05, 0.1) is 17.2 Å². The number of rotatable bonds is 3. The lowest BCUT2D eigenvalue weighted by Crippen LogP contribution is -1.93. The summed E-state index contributed by atoms with van der Waals surface area (Å²) in [7, 11) is 0. The largest absolute Gasteiger partial charge is 0.507 e. The lowest BCUT2D eigenvalue weighted by molar-refractivity contribution is 0.475. The van der Waals surface area contributed by atoms with Crippen molar-refractivity contribution >= 4 is 34.0 Å². The third kappa shape index (κ3) is 2.56. The van der Waals surface area contributed by atoms with E-state index in [4.69, 9.17) is 0 Å². The molecule has 0 radical (unpaired) electrons. The molecule has 0 bridgehead atoms. The van der Waals surface area contributed by atoms with E-state index in [0.29, 0.717) is 11.5 Å². The molecule has 1 heterocycles. The summed E-state index contributed by atoms with van der Waals surface area (Å²) in [6.07, 6.45) is 1.61. The smallest absolute Gasteiger partial charge is 0.222 e. The van der Waals surface area contributed by atoms with E-state index in [2.05, 4.69) is 20.5 Å². The molecule has 0 fully saturated rings. The monoisotopic (exact) mass is 316 g/mol. The SMILES string of the molecule is Cc1ccc2nc(N/N=C\c3c(O)ccc4ccccc34)[nH]c2c1. The molecule has 0 saturated carbocycles. The van der Waals surface area contributed by atoms with E-state index in [9.17, 15) is 5.11 Å². The highest BCUT2D eigenvalue weighted by Crippen LogP contribution is 2.25. The number of nitrogens with zero attached hydrogens (tertiary/aromatic N) is 2. The van der Waals surface area contributed by atoms with E-state index in [0.717, 1.165) is 21.8 Å². The van der Waals surface area contributed by atoms with Gasteiger partial charge in [-0.15, -0.1) is 0 Å². The van der Waals surface area contributed by atoms with Crippen LogP contribution in [-0.4, -0.2) is 21.3 Å². The zero-order valence-corrected chi connectivity index (χ0v) is 13.1. The van der Waals surface area contributed by atoms with Crippen molar-refractivity contribution in [1.29, 1.82) is 0 Å². The van der Waals surface area contributed by atoms with Crippen LogP contribution >= 0.6 is 0 Å². The molecule has 5 nitrogen and oxygen atoms in total. The Morgan fingerprint density at radius 2 is 2.00 bits per heavy atom. The van der Waals surface area contributed by atoms with Crippen LogP contribution in [0.2, 0.25) is 0 Å². The van der Waals surface area contributed by atoms with E-state index in [1.165, 1.54) is 5.56 Å². The minimum Gasteiger partial charge on any atom is -0.507 e. The average molecular weight is 316 g/mol. The van der Waals surface area contributed by atoms with E-state index in [1.807, 2.05) is 55.5 Å². The van der Waals surface area contributed by atoms with Gasteiger partial charge >= 0.3 is 0 Å². The van der Waals surface area contributed by atoms with Crippen molar-refractivity contribution in [1.82, 2.24) is 9.97 Å². The first-order valence-electron chi connectivity index (χ1n) is 7.67. The van der Waals surface area contributed by atoms with Gasteiger partial charge in [-0.1, -0.05) is 36.4 Å². The summed E-state index contributed by atoms with van der Waals surface area (Å²) < 4.78 is 0. The van der Waals surface area contributed by atoms with Crippen LogP contribution < -0.4 is 5.43 Å². The molecule has 0 atom stereocenters. The van der Waals surface area contributed by atoms with Crippen LogP contribution in [0.3, 0.4) is 0 Å². The number of benzene rings is 3. The fourth-order valence-electron chi connectivity index (χ4n) is 2.75. The number of hydrogen-bond acceptors (Lipinski definition) is 4. The molecule has 0 amide bonds. The Morgan fingerprint density at radius 1 is 1.12 bits per heavy atom. The molecule has 4 aromatic rings. The molecular weight excluding hydrogens is 300 g/mol. The number of imidazole rings is 1. The Bertz CT molecular complexity index is 1070. The van der Waals surface area contributed by atoms with Gasteiger partial charge in [-0.25, -0.2) is 10.4 Å². The number of aryl methyl sites for hydroxylation is 1. The van der Waals surface area contributed by atoms with Gasteiger partial charge in [-0.2, -0.15) is 5.10 Å². The highest BCUT2D eigenvalue weighted by molar-refractivity contribution is 6.02. The van der Waals surface area contributed by atoms with Crippen molar-refractivity contribution in [3.63, 3.8) is 0 Å². The first-order chi connectivity index (χ1) is 11.7. The first kappa shape index (κ1) is 14.3. The van der Waals surface area contributed by atoms with E-state index >= 15 is 0 Å². The minimum absolute atomic E-state index is 0.194. The molecule has 0 aliphatic heterocycles. The molecule has 24 heavy (non-hydrogen) atoms. The molecule has 0 unspecified atom stereocenters. The summed E-state index contributed by atoms with van der Waals surface area (Å²) >= 11 is 0. The number of hydrogen-bond donors (Lipinski definition) is 3. The van der Waals surface area contributed by atoms with Crippen LogP contribution in [0.4, 0.5) is 5.95 Å². The number of phenolic OH excluding ortho intramolecular Hbond substituents is 1. The summed E-state index contributed by atoms with van der Waals surface area (Å²) in [5.74, 6) is 0.756. The van der Waals surface area contributed by atoms with Gasteiger partial charge in [0, 0.05) is 5.56 Å². The number of aromatic hydroxyl groups is 1. The number of anilines is 1. The highest BCUT2D eigenvalue weighted by Gasteiger charge is 2.05. The van der Waals surface area contributed by atoms with Crippen LogP contribution in [0.25, 0.3) is 21.8 Å². The number of fused-ring (bicyclic) bond motifs is 2. The lowest BCUT2D eigenvalue weighted by Gasteiger charge is -2.04. The van der Waals surface area contributed by atoms with Crippen molar-refractivity contribution in [3.8, 4) is 5.75 Å². The molecule has 3 aromatic carbocycles. The second-order valence-corrected chi connectivity index (χ2v) is 5.70. The molecular formula is C19H16N4O. The zero-order valence-electron chi connectivity index (χ0n) is 13.1. The number of H-pyrrole nitrogens is 1. The maximum atomic E-state index is 10.1. The summed E-state index contributed by atoms with van der Waals surface area (Å²) in [5.41, 5.74) is 6.57. The van der Waals surface area contributed by atoms with Crippen molar-refractivity contribution < 1.29 is 5.11 Å². The molecule has 0 spiro atoms. The molecule has 1 aromatic heterocycles. The molecule has 5 heteroatoms. The molecule has 0 saturated heterocycles. The summed E-state index contributed by atoms with van der Waals surface area (Å²) in [6.45, 7) is 2.04. The van der Waals surface area contributed by atoms with Crippen LogP contribution in [0.5, 0.6) is 5.75 Å². The maximum Gasteiger partial charge on any atom is 0.222 e. The van der Waals surface area contributed by atoms with Crippen LogP contribution in [-0.2, 0) is 0 Å². The molecule has 3 N–H and O–H groups in total. The van der Waals surface area contributed by atoms with Crippen molar-refractivity contribution in [2.24, 2.45) is 5.10 Å². The first-order valence-corrected chi connectivity index (χ1v) is 7.67. The number of phenols is 1. The van der Waals surface area contributed by atoms with E-state index in [-0.39, 0.29) is 5.75 Å². The Hall–Kier alpha value is -3.34. The third-order valence-corrected chi connectivity index (χ3v) is 3.95. The quantitative estimate of drug-likeness (QED) is 0.392. The van der Waals surface area contributed by atoms with Gasteiger partial charge in [0.15, 0.2) is 0 Å². The number of aromatic amines is 1. The number of hydrazone groups is 1. The van der Waals surface area contributed by atoms with E-state index < -0.39 is 0 Å². The second kappa shape index (κ2) is 5.70. The van der Waals surface area contributed by atoms with Crippen LogP contribution in [0.1, 0.15) is 11.1 Å². The Balaban J connectivity index is 1.64. The molecule has 0 aliphatic rings. The molecule has 118 valence electrons. The fraction of sp³-hybridized carbons (Fsp3) is 0.0526. The average Bonchev–Trinajstić information content (AvgIpc) is 2.98. The summed E-state index contributed by atoms with van der Waals surface area (Å²) in [5, 5.41) is 16.3. The fourth-order valence-corrected chi connectivity index (χ4v) is 2.75. The van der Waals surface area contributed by atoms with E-state index in [1.54, 1.807) is 12.3 Å². The number of aromatic nitrogens is 2. The normalized spacial score (nSPS) is 11.5. The van der Waals surface area contributed by atoms with Gasteiger partial charge in [-0.3, -0.25) is 0 Å². The standard InChI is InChI=1S/C19H16N4O/c1-12-6-8-16-17(10-12)22-19(21-16)23-20-11-15-14-5-3-2-4-13(14)7-9-18(15)24/h2-11,24H,1H3,(H2,21,22,23)/b20-11-. The van der Waals surface area contributed by atoms with Gasteiger partial charge in [0.25, 0.3) is 0 Å². The molecule has 0 aliphatic carbocycles. The summed E-state index contributed by atoms with van der Waals surface area (Å²) in [6, 6.07) is 17.4. The van der Waals surface area contributed by atoms with Crippen LogP contribution in [0.15, 0.2) is 59.7 Å². The number of nitrogens with one attached hydrogen (secondary N) is 2. The van der Waals surface area contributed by atoms with Gasteiger partial charge in [0.1, 0.15) is 5.75 Å². The lowest BCUT2D eigenvalue weighted by atomic mass is 10.0. The highest BCUT2D eigenvalue weighted by atomic mass is 16.3. The van der Waals surface area contributed by atoms with Gasteiger partial charge < -0.3 is 10.1 Å². The zero-order chi connectivity index (χ0) is 16.5. The molecule has 4 rings (SSSR count). The van der Waals surface area contributed by atoms with Gasteiger partial charge in [0.2, 0.25) is 5.95 Å². The summed E-state index contributed by atoms with van der Waals surface area (Å²) in [4.78, 5) is 7.60. The topological polar surface area (TPSA) is 73.3 Å². The Labute approximate surface area is 138 Å². The predicted molar refractivity (Wildman–Crippen MR) is 97.7 cm³/mol. The predicted octanol–water partition coefficient (Wildman–Crippen LogP) is 4.18. The van der Waals surface area contributed by atoms with Gasteiger partial charge in [-0.05, 0) is 41.5 Å². The van der Waals surface area contributed by atoms with Crippen molar-refractivity contribution in [3.05, 3.63) is 65.7 Å². The van der Waals surface area contributed by atoms with Crippen LogP contribution in [0, 0.1) is 6.92 Å². The Kier molecular flexibility index (Phi) is 3.39. The minimum atomic E-state index is 0.194.